The van der Waals surface area contributed by atoms with Crippen LogP contribution in [0.3, 0.4) is 0 Å². The number of carbonyl (C=O) groups is 1. The topological polar surface area (TPSA) is 38.3 Å². The maximum absolute atomic E-state index is 11.5. The molecule has 0 unspecified atom stereocenters. The Bertz CT molecular complexity index is 383. The number of hydrogen-bond acceptors (Lipinski definition) is 2. The lowest BCUT2D eigenvalue weighted by Crippen LogP contribution is -2.13. The minimum atomic E-state index is -0.149. The summed E-state index contributed by atoms with van der Waals surface area (Å²) in [6.07, 6.45) is 1.17. The van der Waals surface area contributed by atoms with Crippen molar-refractivity contribution in [2.24, 2.45) is 0 Å². The van der Waals surface area contributed by atoms with Crippen molar-refractivity contribution in [1.82, 2.24) is 0 Å². The van der Waals surface area contributed by atoms with Crippen LogP contribution in [0, 0.1) is 0 Å². The number of amides is 1. The zero-order valence-electron chi connectivity index (χ0n) is 9.63. The quantitative estimate of drug-likeness (QED) is 0.804. The van der Waals surface area contributed by atoms with Crippen LogP contribution in [0.15, 0.2) is 18.2 Å². The van der Waals surface area contributed by atoms with Gasteiger partial charge >= 0.3 is 0 Å². The highest BCUT2D eigenvalue weighted by Gasteiger charge is 2.08. The van der Waals surface area contributed by atoms with E-state index in [2.05, 4.69) is 5.32 Å². The summed E-state index contributed by atoms with van der Waals surface area (Å²) in [5.41, 5.74) is 0.584. The van der Waals surface area contributed by atoms with Gasteiger partial charge in [0.15, 0.2) is 0 Å². The van der Waals surface area contributed by atoms with E-state index in [0.717, 1.165) is 6.42 Å². The minimum Gasteiger partial charge on any atom is -0.491 e. The van der Waals surface area contributed by atoms with Crippen molar-refractivity contribution in [2.75, 3.05) is 17.8 Å². The van der Waals surface area contributed by atoms with Gasteiger partial charge in [-0.15, -0.1) is 11.6 Å². The fourth-order valence-corrected chi connectivity index (χ4v) is 1.58. The van der Waals surface area contributed by atoms with Crippen molar-refractivity contribution in [1.29, 1.82) is 0 Å². The third-order valence-corrected chi connectivity index (χ3v) is 2.42. The molecule has 0 saturated carbocycles. The number of alkyl halides is 1. The van der Waals surface area contributed by atoms with Crippen LogP contribution in [0.25, 0.3) is 0 Å². The summed E-state index contributed by atoms with van der Waals surface area (Å²) >= 11 is 11.4. The summed E-state index contributed by atoms with van der Waals surface area (Å²) in [5, 5.41) is 3.28. The van der Waals surface area contributed by atoms with Crippen molar-refractivity contribution in [2.45, 2.75) is 19.8 Å². The number of benzene rings is 1. The van der Waals surface area contributed by atoms with E-state index in [1.54, 1.807) is 18.2 Å². The predicted molar refractivity (Wildman–Crippen MR) is 71.2 cm³/mol. The number of hydrogen-bond donors (Lipinski definition) is 1. The molecule has 0 saturated heterocycles. The molecular formula is C12H15Cl2NO2. The average molecular weight is 276 g/mol. The Morgan fingerprint density at radius 2 is 2.24 bits per heavy atom. The number of nitrogens with one attached hydrogen (secondary N) is 1. The van der Waals surface area contributed by atoms with Crippen molar-refractivity contribution >= 4 is 34.8 Å². The molecule has 17 heavy (non-hydrogen) atoms. The fraction of sp³-hybridized carbons (Fsp3) is 0.417. The first-order valence-corrected chi connectivity index (χ1v) is 6.36. The van der Waals surface area contributed by atoms with Gasteiger partial charge in [0.25, 0.3) is 0 Å². The van der Waals surface area contributed by atoms with Crippen molar-refractivity contribution < 1.29 is 9.53 Å². The smallest absolute Gasteiger partial charge is 0.225 e. The molecule has 0 atom stereocenters. The Morgan fingerprint density at radius 1 is 1.47 bits per heavy atom. The predicted octanol–water partition coefficient (Wildman–Crippen LogP) is 3.70. The van der Waals surface area contributed by atoms with Gasteiger partial charge < -0.3 is 10.1 Å². The van der Waals surface area contributed by atoms with E-state index in [4.69, 9.17) is 27.9 Å². The SMILES string of the molecule is CCCOc1ccc(Cl)cc1NC(=O)CCCl. The Kier molecular flexibility index (Phi) is 6.16. The summed E-state index contributed by atoms with van der Waals surface area (Å²) in [4.78, 5) is 11.5. The van der Waals surface area contributed by atoms with Gasteiger partial charge in [0.2, 0.25) is 5.91 Å². The van der Waals surface area contributed by atoms with Gasteiger partial charge in [-0.2, -0.15) is 0 Å². The van der Waals surface area contributed by atoms with Crippen LogP contribution in [0.2, 0.25) is 5.02 Å². The zero-order chi connectivity index (χ0) is 12.7. The molecule has 0 aliphatic heterocycles. The van der Waals surface area contributed by atoms with E-state index < -0.39 is 0 Å². The van der Waals surface area contributed by atoms with Crippen LogP contribution in [-0.4, -0.2) is 18.4 Å². The fourth-order valence-electron chi connectivity index (χ4n) is 1.24. The Labute approximate surface area is 111 Å². The normalized spacial score (nSPS) is 10.1. The molecule has 0 aliphatic rings. The summed E-state index contributed by atoms with van der Waals surface area (Å²) in [7, 11) is 0. The molecule has 0 aliphatic carbocycles. The summed E-state index contributed by atoms with van der Waals surface area (Å²) in [5.74, 6) is 0.764. The molecular weight excluding hydrogens is 261 g/mol. The Balaban J connectivity index is 2.79. The highest BCUT2D eigenvalue weighted by atomic mass is 35.5. The van der Waals surface area contributed by atoms with Crippen LogP contribution in [0.5, 0.6) is 5.75 Å². The van der Waals surface area contributed by atoms with Crippen molar-refractivity contribution in [3.63, 3.8) is 0 Å². The van der Waals surface area contributed by atoms with Crippen LogP contribution < -0.4 is 10.1 Å². The number of halogens is 2. The first kappa shape index (κ1) is 14.1. The molecule has 0 heterocycles. The third kappa shape index (κ3) is 4.84. The molecule has 0 radical (unpaired) electrons. The van der Waals surface area contributed by atoms with Gasteiger partial charge in [0.1, 0.15) is 5.75 Å². The number of anilines is 1. The summed E-state index contributed by atoms with van der Waals surface area (Å²) < 4.78 is 5.51. The van der Waals surface area contributed by atoms with Crippen LogP contribution >= 0.6 is 23.2 Å². The van der Waals surface area contributed by atoms with Gasteiger partial charge in [0, 0.05) is 17.3 Å². The lowest BCUT2D eigenvalue weighted by Gasteiger charge is -2.12. The Morgan fingerprint density at radius 3 is 2.88 bits per heavy atom. The molecule has 5 heteroatoms. The molecule has 1 aromatic rings. The first-order valence-electron chi connectivity index (χ1n) is 5.45. The van der Waals surface area contributed by atoms with Crippen molar-refractivity contribution in [3.05, 3.63) is 23.2 Å². The lowest BCUT2D eigenvalue weighted by atomic mass is 10.2. The van der Waals surface area contributed by atoms with E-state index in [9.17, 15) is 4.79 Å². The van der Waals surface area contributed by atoms with E-state index in [-0.39, 0.29) is 18.2 Å². The van der Waals surface area contributed by atoms with E-state index in [1.165, 1.54) is 0 Å². The van der Waals surface area contributed by atoms with E-state index in [0.29, 0.717) is 23.1 Å². The molecule has 0 bridgehead atoms. The second-order valence-electron chi connectivity index (χ2n) is 3.48. The van der Waals surface area contributed by atoms with Crippen LogP contribution in [-0.2, 0) is 4.79 Å². The number of ether oxygens (including phenoxy) is 1. The summed E-state index contributed by atoms with van der Waals surface area (Å²) in [6.45, 7) is 2.61. The zero-order valence-corrected chi connectivity index (χ0v) is 11.1. The molecule has 1 N–H and O–H groups in total. The second kappa shape index (κ2) is 7.41. The Hall–Kier alpha value is -0.930. The maximum Gasteiger partial charge on any atom is 0.225 e. The highest BCUT2D eigenvalue weighted by Crippen LogP contribution is 2.28. The maximum atomic E-state index is 11.5. The van der Waals surface area contributed by atoms with Crippen LogP contribution in [0.4, 0.5) is 5.69 Å². The molecule has 1 rings (SSSR count). The molecule has 0 aromatic heterocycles. The van der Waals surface area contributed by atoms with E-state index in [1.807, 2.05) is 6.92 Å². The summed E-state index contributed by atoms with van der Waals surface area (Å²) in [6, 6.07) is 5.14. The number of rotatable bonds is 6. The van der Waals surface area contributed by atoms with Gasteiger partial charge in [-0.1, -0.05) is 18.5 Å². The molecule has 94 valence electrons. The van der Waals surface area contributed by atoms with Crippen LogP contribution in [0.1, 0.15) is 19.8 Å². The highest BCUT2D eigenvalue weighted by molar-refractivity contribution is 6.31. The van der Waals surface area contributed by atoms with Gasteiger partial charge in [-0.25, -0.2) is 0 Å². The largest absolute Gasteiger partial charge is 0.491 e. The minimum absolute atomic E-state index is 0.149. The first-order chi connectivity index (χ1) is 8.17. The van der Waals surface area contributed by atoms with Gasteiger partial charge in [-0.05, 0) is 24.6 Å². The van der Waals surface area contributed by atoms with Gasteiger partial charge in [0.05, 0.1) is 12.3 Å². The number of carbonyl (C=O) groups excluding carboxylic acids is 1. The second-order valence-corrected chi connectivity index (χ2v) is 4.29. The molecule has 0 spiro atoms. The monoisotopic (exact) mass is 275 g/mol. The van der Waals surface area contributed by atoms with Gasteiger partial charge in [-0.3, -0.25) is 4.79 Å². The molecule has 1 aromatic carbocycles. The van der Waals surface area contributed by atoms with Crippen molar-refractivity contribution in [3.8, 4) is 5.75 Å². The molecule has 1 amide bonds. The molecule has 3 nitrogen and oxygen atoms in total. The van der Waals surface area contributed by atoms with E-state index >= 15 is 0 Å². The standard InChI is InChI=1S/C12H15Cl2NO2/c1-2-7-17-11-4-3-9(14)8-10(11)15-12(16)5-6-13/h3-4,8H,2,5-7H2,1H3,(H,15,16). The molecule has 0 fully saturated rings. The third-order valence-electron chi connectivity index (χ3n) is 2.00. The average Bonchev–Trinajstić information content (AvgIpc) is 2.28. The lowest BCUT2D eigenvalue weighted by molar-refractivity contribution is -0.115.